The Bertz CT molecular complexity index is 916. The zero-order valence-electron chi connectivity index (χ0n) is 17.8. The molecule has 166 valence electrons. The third kappa shape index (κ3) is 4.48. The Morgan fingerprint density at radius 2 is 1.97 bits per heavy atom. The number of anilines is 1. The number of benzene rings is 1. The number of aromatic nitrogens is 2. The molecule has 2 unspecified atom stereocenters. The summed E-state index contributed by atoms with van der Waals surface area (Å²) in [6.45, 7) is 2.90. The Balaban J connectivity index is 1.48. The summed E-state index contributed by atoms with van der Waals surface area (Å²) in [6, 6.07) is 8.60. The highest BCUT2D eigenvalue weighted by atomic mass is 16.5. The molecular weight excluding hydrogens is 400 g/mol. The van der Waals surface area contributed by atoms with Crippen LogP contribution in [0.1, 0.15) is 40.7 Å². The van der Waals surface area contributed by atoms with Crippen molar-refractivity contribution >= 4 is 17.5 Å². The number of aliphatic hydroxyl groups is 1. The summed E-state index contributed by atoms with van der Waals surface area (Å²) in [7, 11) is 1.79. The van der Waals surface area contributed by atoms with Gasteiger partial charge in [-0.3, -0.25) is 14.3 Å². The maximum absolute atomic E-state index is 12.6. The van der Waals surface area contributed by atoms with Crippen LogP contribution in [0.5, 0.6) is 0 Å². The van der Waals surface area contributed by atoms with E-state index in [0.717, 1.165) is 24.1 Å². The lowest BCUT2D eigenvalue weighted by Gasteiger charge is -2.45. The summed E-state index contributed by atoms with van der Waals surface area (Å²) >= 11 is 0. The molecule has 1 aromatic heterocycles. The second kappa shape index (κ2) is 9.17. The first-order valence-electron chi connectivity index (χ1n) is 10.5. The summed E-state index contributed by atoms with van der Waals surface area (Å²) in [5.74, 6) is -0.383. The van der Waals surface area contributed by atoms with E-state index in [1.165, 1.54) is 0 Å². The molecule has 0 saturated carbocycles. The van der Waals surface area contributed by atoms with Gasteiger partial charge in [-0.05, 0) is 43.5 Å². The van der Waals surface area contributed by atoms with Gasteiger partial charge in [0.05, 0.1) is 12.6 Å². The summed E-state index contributed by atoms with van der Waals surface area (Å²) in [4.78, 5) is 26.8. The van der Waals surface area contributed by atoms with Gasteiger partial charge < -0.3 is 24.8 Å². The SMILES string of the molecule is Cc1cc(C(=O)Nc2ccc(C3OCC(=O)N(C4CCOCC4)C3CO)cc2)nn1C. The fraction of sp³-hybridized carbons (Fsp3) is 0.500. The number of aryl methyl sites for hydroxylation is 2. The van der Waals surface area contributed by atoms with Crippen molar-refractivity contribution < 1.29 is 24.2 Å². The van der Waals surface area contributed by atoms with E-state index in [4.69, 9.17) is 9.47 Å². The van der Waals surface area contributed by atoms with Crippen LogP contribution < -0.4 is 5.32 Å². The number of amides is 2. The molecule has 4 rings (SSSR count). The number of hydrogen-bond acceptors (Lipinski definition) is 6. The first-order chi connectivity index (χ1) is 15.0. The molecule has 9 heteroatoms. The van der Waals surface area contributed by atoms with E-state index in [1.807, 2.05) is 19.1 Å². The maximum atomic E-state index is 12.6. The van der Waals surface area contributed by atoms with E-state index in [0.29, 0.717) is 24.6 Å². The van der Waals surface area contributed by atoms with Crippen LogP contribution in [0.3, 0.4) is 0 Å². The van der Waals surface area contributed by atoms with Gasteiger partial charge in [-0.2, -0.15) is 5.10 Å². The molecule has 1 aromatic carbocycles. The fourth-order valence-corrected chi connectivity index (χ4v) is 4.24. The number of carbonyl (C=O) groups is 2. The van der Waals surface area contributed by atoms with Crippen LogP contribution >= 0.6 is 0 Å². The van der Waals surface area contributed by atoms with Gasteiger partial charge in [0.1, 0.15) is 12.7 Å². The van der Waals surface area contributed by atoms with Gasteiger partial charge in [-0.1, -0.05) is 12.1 Å². The minimum Gasteiger partial charge on any atom is -0.394 e. The Kier molecular flexibility index (Phi) is 6.35. The molecule has 2 aliphatic rings. The topological polar surface area (TPSA) is 106 Å². The largest absolute Gasteiger partial charge is 0.394 e. The quantitative estimate of drug-likeness (QED) is 0.746. The number of carbonyl (C=O) groups excluding carboxylic acids is 2. The van der Waals surface area contributed by atoms with Gasteiger partial charge in [0.15, 0.2) is 5.69 Å². The first-order valence-corrected chi connectivity index (χ1v) is 10.5. The minimum absolute atomic E-state index is 0.0178. The lowest BCUT2D eigenvalue weighted by atomic mass is 9.95. The van der Waals surface area contributed by atoms with Gasteiger partial charge in [0.25, 0.3) is 5.91 Å². The van der Waals surface area contributed by atoms with Gasteiger partial charge >= 0.3 is 0 Å². The molecule has 2 N–H and O–H groups in total. The summed E-state index contributed by atoms with van der Waals surface area (Å²) < 4.78 is 12.9. The van der Waals surface area contributed by atoms with Crippen molar-refractivity contribution in [3.05, 3.63) is 47.3 Å². The number of morpholine rings is 1. The van der Waals surface area contributed by atoms with Gasteiger partial charge in [-0.15, -0.1) is 0 Å². The van der Waals surface area contributed by atoms with Crippen LogP contribution in [0.15, 0.2) is 30.3 Å². The van der Waals surface area contributed by atoms with E-state index in [1.54, 1.807) is 34.8 Å². The number of ether oxygens (including phenoxy) is 2. The second-order valence-corrected chi connectivity index (χ2v) is 8.00. The molecule has 0 spiro atoms. The predicted octanol–water partition coefficient (Wildman–Crippen LogP) is 1.42. The van der Waals surface area contributed by atoms with E-state index in [-0.39, 0.29) is 31.1 Å². The van der Waals surface area contributed by atoms with Crippen LogP contribution in [0.25, 0.3) is 0 Å². The number of aliphatic hydroxyl groups excluding tert-OH is 1. The Morgan fingerprint density at radius 3 is 2.58 bits per heavy atom. The second-order valence-electron chi connectivity index (χ2n) is 8.00. The van der Waals surface area contributed by atoms with Crippen LogP contribution in [-0.4, -0.2) is 70.1 Å². The number of nitrogens with zero attached hydrogens (tertiary/aromatic N) is 3. The van der Waals surface area contributed by atoms with Crippen molar-refractivity contribution in [1.29, 1.82) is 0 Å². The molecule has 0 radical (unpaired) electrons. The molecule has 3 heterocycles. The van der Waals surface area contributed by atoms with E-state index in [9.17, 15) is 14.7 Å². The highest BCUT2D eigenvalue weighted by Gasteiger charge is 2.41. The first kappa shape index (κ1) is 21.5. The predicted molar refractivity (Wildman–Crippen MR) is 113 cm³/mol. The lowest BCUT2D eigenvalue weighted by Crippen LogP contribution is -2.57. The van der Waals surface area contributed by atoms with Crippen LogP contribution in [0.4, 0.5) is 5.69 Å². The van der Waals surface area contributed by atoms with E-state index in [2.05, 4.69) is 10.4 Å². The number of nitrogens with one attached hydrogen (secondary N) is 1. The normalized spacial score (nSPS) is 22.5. The molecule has 31 heavy (non-hydrogen) atoms. The van der Waals surface area contributed by atoms with Crippen molar-refractivity contribution in [1.82, 2.24) is 14.7 Å². The van der Waals surface area contributed by atoms with Gasteiger partial charge in [0, 0.05) is 37.7 Å². The zero-order valence-corrected chi connectivity index (χ0v) is 17.8. The van der Waals surface area contributed by atoms with Crippen molar-refractivity contribution in [2.24, 2.45) is 7.05 Å². The third-order valence-electron chi connectivity index (χ3n) is 6.00. The van der Waals surface area contributed by atoms with Crippen LogP contribution in [0, 0.1) is 6.92 Å². The molecule has 9 nitrogen and oxygen atoms in total. The Morgan fingerprint density at radius 1 is 1.26 bits per heavy atom. The monoisotopic (exact) mass is 428 g/mol. The van der Waals surface area contributed by atoms with Crippen LogP contribution in [0.2, 0.25) is 0 Å². The average molecular weight is 428 g/mol. The summed E-state index contributed by atoms with van der Waals surface area (Å²) in [6.07, 6.45) is 1.08. The Labute approximate surface area is 180 Å². The molecule has 2 aromatic rings. The molecule has 0 aliphatic carbocycles. The van der Waals surface area contributed by atoms with Crippen molar-refractivity contribution in [3.8, 4) is 0 Å². The average Bonchev–Trinajstić information content (AvgIpc) is 3.13. The lowest BCUT2D eigenvalue weighted by molar-refractivity contribution is -0.168. The number of rotatable bonds is 5. The van der Waals surface area contributed by atoms with E-state index >= 15 is 0 Å². The van der Waals surface area contributed by atoms with Crippen molar-refractivity contribution in [3.63, 3.8) is 0 Å². The molecule has 2 amide bonds. The maximum Gasteiger partial charge on any atom is 0.276 e. The van der Waals surface area contributed by atoms with Gasteiger partial charge in [-0.25, -0.2) is 0 Å². The molecule has 2 aliphatic heterocycles. The summed E-state index contributed by atoms with van der Waals surface area (Å²) in [5, 5.41) is 17.1. The third-order valence-corrected chi connectivity index (χ3v) is 6.00. The molecule has 0 bridgehead atoms. The molecule has 2 fully saturated rings. The minimum atomic E-state index is -0.457. The molecule has 2 saturated heterocycles. The number of hydrogen-bond donors (Lipinski definition) is 2. The zero-order chi connectivity index (χ0) is 22.0. The van der Waals surface area contributed by atoms with Crippen molar-refractivity contribution in [2.45, 2.75) is 38.0 Å². The van der Waals surface area contributed by atoms with Gasteiger partial charge in [0.2, 0.25) is 5.91 Å². The standard InChI is InChI=1S/C22H28N4O5/c1-14-11-18(24-25(14)2)22(29)23-16-5-3-15(4-6-16)21-19(12-27)26(20(28)13-31-21)17-7-9-30-10-8-17/h3-6,11,17,19,21,27H,7-10,12-13H2,1-2H3,(H,23,29). The van der Waals surface area contributed by atoms with E-state index < -0.39 is 12.1 Å². The smallest absolute Gasteiger partial charge is 0.276 e. The van der Waals surface area contributed by atoms with Crippen molar-refractivity contribution in [2.75, 3.05) is 31.7 Å². The Hall–Kier alpha value is -2.75. The summed E-state index contributed by atoms with van der Waals surface area (Å²) in [5.41, 5.74) is 2.72. The highest BCUT2D eigenvalue weighted by molar-refractivity contribution is 6.02. The molecular formula is C22H28N4O5. The van der Waals surface area contributed by atoms with Crippen LogP contribution in [-0.2, 0) is 21.3 Å². The fourth-order valence-electron chi connectivity index (χ4n) is 4.24. The molecule has 2 atom stereocenters. The highest BCUT2D eigenvalue weighted by Crippen LogP contribution is 2.33.